The van der Waals surface area contributed by atoms with E-state index < -0.39 is 0 Å². The van der Waals surface area contributed by atoms with Crippen molar-refractivity contribution in [1.29, 1.82) is 0 Å². The largest absolute Gasteiger partial charge is 0.339 e. The molecule has 0 bridgehead atoms. The van der Waals surface area contributed by atoms with Crippen molar-refractivity contribution >= 4 is 18.3 Å². The van der Waals surface area contributed by atoms with Crippen molar-refractivity contribution in [3.05, 3.63) is 42.5 Å². The van der Waals surface area contributed by atoms with Crippen LogP contribution in [0.2, 0.25) is 0 Å². The molecule has 1 amide bonds. The molecule has 3 unspecified atom stereocenters. The zero-order valence-electron chi connectivity index (χ0n) is 16.3. The second-order valence-corrected chi connectivity index (χ2v) is 7.40. The molecule has 148 valence electrons. The van der Waals surface area contributed by atoms with Crippen LogP contribution in [0.5, 0.6) is 0 Å². The Hall–Kier alpha value is -1.92. The van der Waals surface area contributed by atoms with Crippen LogP contribution < -0.4 is 5.32 Å². The normalized spacial score (nSPS) is 19.0. The Bertz CT molecular complexity index is 698. The third-order valence-electron chi connectivity index (χ3n) is 5.67. The molecule has 1 aliphatic rings. The predicted molar refractivity (Wildman–Crippen MR) is 109 cm³/mol. The highest BCUT2D eigenvalue weighted by atomic mass is 35.5. The predicted octanol–water partition coefficient (Wildman–Crippen LogP) is 3.23. The van der Waals surface area contributed by atoms with Crippen molar-refractivity contribution in [1.82, 2.24) is 25.0 Å². The average Bonchev–Trinajstić information content (AvgIpc) is 3.22. The van der Waals surface area contributed by atoms with Crippen molar-refractivity contribution in [2.24, 2.45) is 11.8 Å². The molecular formula is C20H30ClN5O. The van der Waals surface area contributed by atoms with Crippen molar-refractivity contribution in [2.75, 3.05) is 20.1 Å². The van der Waals surface area contributed by atoms with Crippen molar-refractivity contribution in [2.45, 2.75) is 39.2 Å². The summed E-state index contributed by atoms with van der Waals surface area (Å²) in [4.78, 5) is 18.6. The fraction of sp³-hybridized carbons (Fsp3) is 0.550. The molecular weight excluding hydrogens is 362 g/mol. The van der Waals surface area contributed by atoms with Crippen molar-refractivity contribution in [3.63, 3.8) is 0 Å². The second kappa shape index (κ2) is 9.85. The van der Waals surface area contributed by atoms with E-state index in [1.165, 1.54) is 19.2 Å². The minimum Gasteiger partial charge on any atom is -0.339 e. The van der Waals surface area contributed by atoms with Gasteiger partial charge in [0.25, 0.3) is 0 Å². The van der Waals surface area contributed by atoms with Crippen LogP contribution in [0.3, 0.4) is 0 Å². The van der Waals surface area contributed by atoms with Gasteiger partial charge in [-0.3, -0.25) is 4.79 Å². The highest BCUT2D eigenvalue weighted by Gasteiger charge is 2.25. The number of amides is 1. The Kier molecular flexibility index (Phi) is 7.80. The van der Waals surface area contributed by atoms with E-state index in [1.807, 2.05) is 24.1 Å². The molecule has 0 aliphatic carbocycles. The molecule has 3 rings (SSSR count). The van der Waals surface area contributed by atoms with Crippen molar-refractivity contribution < 1.29 is 4.79 Å². The van der Waals surface area contributed by atoms with E-state index in [2.05, 4.69) is 41.4 Å². The number of aromatic nitrogens is 3. The molecule has 7 heteroatoms. The van der Waals surface area contributed by atoms with E-state index in [0.717, 1.165) is 24.3 Å². The minimum atomic E-state index is 0. The summed E-state index contributed by atoms with van der Waals surface area (Å²) in [5.41, 5.74) is 2.09. The van der Waals surface area contributed by atoms with E-state index in [9.17, 15) is 4.79 Å². The Morgan fingerprint density at radius 2 is 2.07 bits per heavy atom. The van der Waals surface area contributed by atoms with Gasteiger partial charge in [0.15, 0.2) is 0 Å². The molecule has 1 N–H and O–H groups in total. The van der Waals surface area contributed by atoms with Gasteiger partial charge in [0.05, 0.1) is 11.7 Å². The lowest BCUT2D eigenvalue weighted by atomic mass is 9.85. The SMILES string of the molecule is CC(CC(=O)N(C)C(C)c1ccc(-n2cncn2)cc1)C1CCCNC1.Cl. The number of nitrogens with one attached hydrogen (secondary N) is 1. The summed E-state index contributed by atoms with van der Waals surface area (Å²) in [7, 11) is 1.91. The molecule has 1 aromatic carbocycles. The number of carbonyl (C=O) groups excluding carboxylic acids is 1. The molecule has 2 heterocycles. The third-order valence-corrected chi connectivity index (χ3v) is 5.67. The lowest BCUT2D eigenvalue weighted by Gasteiger charge is -2.31. The van der Waals surface area contributed by atoms with Crippen LogP contribution in [0.25, 0.3) is 5.69 Å². The summed E-state index contributed by atoms with van der Waals surface area (Å²) in [5, 5.41) is 7.58. The van der Waals surface area contributed by atoms with Gasteiger partial charge in [-0.05, 0) is 62.4 Å². The van der Waals surface area contributed by atoms with Crippen LogP contribution in [0, 0.1) is 11.8 Å². The van der Waals surface area contributed by atoms with Gasteiger partial charge in [-0.15, -0.1) is 12.4 Å². The van der Waals surface area contributed by atoms with Crippen LogP contribution in [0.15, 0.2) is 36.9 Å². The number of hydrogen-bond donors (Lipinski definition) is 1. The molecule has 1 aromatic heterocycles. The Balaban J connectivity index is 0.00000261. The monoisotopic (exact) mass is 391 g/mol. The first kappa shape index (κ1) is 21.4. The number of hydrogen-bond acceptors (Lipinski definition) is 4. The van der Waals surface area contributed by atoms with Crippen LogP contribution in [0.1, 0.15) is 44.7 Å². The smallest absolute Gasteiger partial charge is 0.223 e. The molecule has 27 heavy (non-hydrogen) atoms. The van der Waals surface area contributed by atoms with Gasteiger partial charge in [0.1, 0.15) is 12.7 Å². The highest BCUT2D eigenvalue weighted by molar-refractivity contribution is 5.85. The van der Waals surface area contributed by atoms with Crippen LogP contribution in [-0.4, -0.2) is 45.7 Å². The molecule has 3 atom stereocenters. The summed E-state index contributed by atoms with van der Waals surface area (Å²) in [5.74, 6) is 1.24. The maximum Gasteiger partial charge on any atom is 0.223 e. The Morgan fingerprint density at radius 3 is 2.67 bits per heavy atom. The van der Waals surface area contributed by atoms with Gasteiger partial charge in [-0.2, -0.15) is 5.10 Å². The van der Waals surface area contributed by atoms with E-state index in [-0.39, 0.29) is 24.4 Å². The first-order chi connectivity index (χ1) is 12.6. The lowest BCUT2D eigenvalue weighted by molar-refractivity contribution is -0.133. The van der Waals surface area contributed by atoms with E-state index >= 15 is 0 Å². The molecule has 2 aromatic rings. The van der Waals surface area contributed by atoms with Crippen LogP contribution >= 0.6 is 12.4 Å². The number of piperidine rings is 1. The fourth-order valence-corrected chi connectivity index (χ4v) is 3.64. The second-order valence-electron chi connectivity index (χ2n) is 7.40. The van der Waals surface area contributed by atoms with Gasteiger partial charge in [-0.1, -0.05) is 19.1 Å². The molecule has 1 fully saturated rings. The van der Waals surface area contributed by atoms with E-state index in [4.69, 9.17) is 0 Å². The maximum atomic E-state index is 12.7. The molecule has 0 saturated carbocycles. The first-order valence-electron chi connectivity index (χ1n) is 9.47. The maximum absolute atomic E-state index is 12.7. The van der Waals surface area contributed by atoms with Gasteiger partial charge < -0.3 is 10.2 Å². The molecule has 0 spiro atoms. The lowest BCUT2D eigenvalue weighted by Crippen LogP contribution is -2.36. The number of carbonyl (C=O) groups is 1. The summed E-state index contributed by atoms with van der Waals surface area (Å²) in [6, 6.07) is 8.17. The number of benzene rings is 1. The van der Waals surface area contributed by atoms with Crippen molar-refractivity contribution in [3.8, 4) is 5.69 Å². The highest BCUT2D eigenvalue weighted by Crippen LogP contribution is 2.26. The zero-order valence-corrected chi connectivity index (χ0v) is 17.2. The summed E-state index contributed by atoms with van der Waals surface area (Å²) < 4.78 is 1.73. The fourth-order valence-electron chi connectivity index (χ4n) is 3.64. The Morgan fingerprint density at radius 1 is 1.33 bits per heavy atom. The van der Waals surface area contributed by atoms with Gasteiger partial charge in [-0.25, -0.2) is 9.67 Å². The first-order valence-corrected chi connectivity index (χ1v) is 9.47. The van der Waals surface area contributed by atoms with Crippen LogP contribution in [0.4, 0.5) is 0 Å². The van der Waals surface area contributed by atoms with Gasteiger partial charge in [0, 0.05) is 13.5 Å². The Labute approximate surface area is 167 Å². The molecule has 1 aliphatic heterocycles. The standard InChI is InChI=1S/C20H29N5O.ClH/c1-15(18-5-4-10-21-12-18)11-20(26)24(3)16(2)17-6-8-19(9-7-17)25-14-22-13-23-25;/h6-9,13-16,18,21H,4-5,10-12H2,1-3H3;1H. The molecule has 0 radical (unpaired) electrons. The minimum absolute atomic E-state index is 0. The average molecular weight is 392 g/mol. The van der Waals surface area contributed by atoms with Crippen LogP contribution in [-0.2, 0) is 4.79 Å². The summed E-state index contributed by atoms with van der Waals surface area (Å²) in [6.07, 6.45) is 6.25. The van der Waals surface area contributed by atoms with Gasteiger partial charge in [0.2, 0.25) is 5.91 Å². The van der Waals surface area contributed by atoms with E-state index in [0.29, 0.717) is 18.3 Å². The van der Waals surface area contributed by atoms with E-state index in [1.54, 1.807) is 11.0 Å². The number of nitrogens with zero attached hydrogens (tertiary/aromatic N) is 4. The van der Waals surface area contributed by atoms with Gasteiger partial charge >= 0.3 is 0 Å². The zero-order chi connectivity index (χ0) is 18.5. The molecule has 1 saturated heterocycles. The molecule has 6 nitrogen and oxygen atoms in total. The summed E-state index contributed by atoms with van der Waals surface area (Å²) in [6.45, 7) is 6.44. The third kappa shape index (κ3) is 5.30. The quantitative estimate of drug-likeness (QED) is 0.821. The topological polar surface area (TPSA) is 63.1 Å². The number of halogens is 1. The summed E-state index contributed by atoms with van der Waals surface area (Å²) >= 11 is 0. The number of rotatable bonds is 6.